The molecule has 0 radical (unpaired) electrons. The molecule has 3 amide bonds. The number of nitrogens with one attached hydrogen (secondary N) is 2. The number of benzene rings is 1. The lowest BCUT2D eigenvalue weighted by Gasteiger charge is -2.34. The molecule has 0 aliphatic carbocycles. The van der Waals surface area contributed by atoms with Crippen LogP contribution in [0.5, 0.6) is 0 Å². The quantitative estimate of drug-likeness (QED) is 0.454. The molecule has 35 heavy (non-hydrogen) atoms. The zero-order valence-electron chi connectivity index (χ0n) is 21.2. The van der Waals surface area contributed by atoms with Gasteiger partial charge in [0.2, 0.25) is 17.7 Å². The number of carbonyl (C=O) groups is 3. The van der Waals surface area contributed by atoms with Crippen LogP contribution in [0.15, 0.2) is 24.3 Å². The van der Waals surface area contributed by atoms with E-state index in [-0.39, 0.29) is 35.6 Å². The molecule has 1 aromatic rings. The molecule has 3 fully saturated rings. The smallest absolute Gasteiger partial charge is 0.248 e. The van der Waals surface area contributed by atoms with Crippen molar-refractivity contribution in [2.45, 2.75) is 62.5 Å². The third-order valence-electron chi connectivity index (χ3n) is 7.96. The van der Waals surface area contributed by atoms with Gasteiger partial charge in [0.15, 0.2) is 0 Å². The van der Waals surface area contributed by atoms with E-state index in [9.17, 15) is 19.5 Å². The summed E-state index contributed by atoms with van der Waals surface area (Å²) in [6.45, 7) is 10.5. The van der Waals surface area contributed by atoms with E-state index in [1.165, 1.54) is 4.90 Å². The van der Waals surface area contributed by atoms with Crippen molar-refractivity contribution in [2.75, 3.05) is 43.0 Å². The molecular weight excluding hydrogens is 464 g/mol. The zero-order valence-corrected chi connectivity index (χ0v) is 22.0. The Morgan fingerprint density at radius 2 is 1.83 bits per heavy atom. The molecule has 0 aromatic heterocycles. The van der Waals surface area contributed by atoms with Gasteiger partial charge < -0.3 is 25.5 Å². The second-order valence-corrected chi connectivity index (χ2v) is 11.9. The average molecular weight is 503 g/mol. The number of hydrogen-bond acceptors (Lipinski definition) is 6. The van der Waals surface area contributed by atoms with Gasteiger partial charge in [-0.3, -0.25) is 14.4 Å². The van der Waals surface area contributed by atoms with Gasteiger partial charge in [0, 0.05) is 42.3 Å². The highest BCUT2D eigenvalue weighted by Crippen LogP contribution is 2.71. The second-order valence-electron chi connectivity index (χ2n) is 9.98. The van der Waals surface area contributed by atoms with Gasteiger partial charge in [-0.1, -0.05) is 6.92 Å². The highest BCUT2D eigenvalue weighted by atomic mass is 32.2. The molecule has 1 aromatic carbocycles. The SMILES string of the molecule is CCCNC(=O)[C@@H]1[C@H]2C(=O)N(CCO)C(C(=O)Nc3ccc(N(CC)CC)cc3)C23CC[C@@]1(C)S3. The van der Waals surface area contributed by atoms with Crippen molar-refractivity contribution in [3.63, 3.8) is 0 Å². The summed E-state index contributed by atoms with van der Waals surface area (Å²) < 4.78 is -1.05. The Labute approximate surface area is 212 Å². The molecule has 3 aliphatic heterocycles. The predicted molar refractivity (Wildman–Crippen MR) is 139 cm³/mol. The molecule has 3 saturated heterocycles. The number of thioether (sulfide) groups is 1. The lowest BCUT2D eigenvalue weighted by molar-refractivity contribution is -0.140. The predicted octanol–water partition coefficient (Wildman–Crippen LogP) is 2.47. The Balaban J connectivity index is 1.62. The van der Waals surface area contributed by atoms with E-state index in [0.717, 1.165) is 31.6 Å². The van der Waals surface area contributed by atoms with Crippen LogP contribution in [0.2, 0.25) is 0 Å². The first-order chi connectivity index (χ1) is 16.8. The van der Waals surface area contributed by atoms with Gasteiger partial charge in [-0.2, -0.15) is 0 Å². The molecule has 0 saturated carbocycles. The van der Waals surface area contributed by atoms with E-state index in [0.29, 0.717) is 18.7 Å². The fraction of sp³-hybridized carbons (Fsp3) is 0.654. The van der Waals surface area contributed by atoms with Crippen molar-refractivity contribution in [2.24, 2.45) is 11.8 Å². The van der Waals surface area contributed by atoms with Crippen LogP contribution in [-0.2, 0) is 14.4 Å². The van der Waals surface area contributed by atoms with Gasteiger partial charge >= 0.3 is 0 Å². The Bertz CT molecular complexity index is 969. The number of amides is 3. The summed E-state index contributed by atoms with van der Waals surface area (Å²) in [5.41, 5.74) is 1.76. The Morgan fingerprint density at radius 3 is 2.43 bits per heavy atom. The number of rotatable bonds is 10. The first kappa shape index (κ1) is 25.8. The van der Waals surface area contributed by atoms with Crippen molar-refractivity contribution >= 4 is 40.9 Å². The molecule has 2 bridgehead atoms. The number of aliphatic hydroxyl groups excluding tert-OH is 1. The fourth-order valence-corrected chi connectivity index (χ4v) is 8.74. The van der Waals surface area contributed by atoms with Crippen molar-refractivity contribution < 1.29 is 19.5 Å². The average Bonchev–Trinajstić information content (AvgIpc) is 3.40. The maximum atomic E-state index is 13.7. The third-order valence-corrected chi connectivity index (χ3v) is 9.95. The van der Waals surface area contributed by atoms with Crippen LogP contribution >= 0.6 is 11.8 Å². The standard InChI is InChI=1S/C26H38N4O4S/c1-5-14-27-22(32)19-20-24(34)30(15-16-31)21(26(20)13-12-25(19,4)35-26)23(33)28-17-8-10-18(11-9-17)29(6-2)7-3/h8-11,19-21,31H,5-7,12-16H2,1-4H3,(H,27,32)(H,28,33)/t19-,20-,21?,25+,26?/m0/s1. The monoisotopic (exact) mass is 502 g/mol. The van der Waals surface area contributed by atoms with Crippen molar-refractivity contribution in [1.82, 2.24) is 10.2 Å². The van der Waals surface area contributed by atoms with Gasteiger partial charge in [0.1, 0.15) is 6.04 Å². The summed E-state index contributed by atoms with van der Waals surface area (Å²) in [5.74, 6) is -1.58. The lowest BCUT2D eigenvalue weighted by atomic mass is 9.66. The topological polar surface area (TPSA) is 102 Å². The summed E-state index contributed by atoms with van der Waals surface area (Å²) in [7, 11) is 0. The maximum Gasteiger partial charge on any atom is 0.248 e. The van der Waals surface area contributed by atoms with Crippen LogP contribution in [0.3, 0.4) is 0 Å². The maximum absolute atomic E-state index is 13.7. The number of carbonyl (C=O) groups excluding carboxylic acids is 3. The summed E-state index contributed by atoms with van der Waals surface area (Å²) in [4.78, 5) is 44.4. The molecular formula is C26H38N4O4S. The van der Waals surface area contributed by atoms with Crippen LogP contribution in [-0.4, -0.2) is 76.0 Å². The Hall–Kier alpha value is -2.26. The van der Waals surface area contributed by atoms with Crippen LogP contribution in [0.1, 0.15) is 47.0 Å². The van der Waals surface area contributed by atoms with Gasteiger partial charge in [-0.15, -0.1) is 11.8 Å². The van der Waals surface area contributed by atoms with Gasteiger partial charge in [-0.25, -0.2) is 0 Å². The number of anilines is 2. The number of nitrogens with zero attached hydrogens (tertiary/aromatic N) is 2. The van der Waals surface area contributed by atoms with Gasteiger partial charge in [0.05, 0.1) is 23.2 Å². The number of β-amino-alcohol motifs (C(OH)–C–C–N with tert-alkyl or cyclic N) is 1. The second kappa shape index (κ2) is 10.0. The summed E-state index contributed by atoms with van der Waals surface area (Å²) in [6.07, 6.45) is 2.30. The highest BCUT2D eigenvalue weighted by molar-refractivity contribution is 8.02. The summed E-state index contributed by atoms with van der Waals surface area (Å²) >= 11 is 1.64. The Morgan fingerprint density at radius 1 is 1.14 bits per heavy atom. The van der Waals surface area contributed by atoms with E-state index >= 15 is 0 Å². The van der Waals surface area contributed by atoms with Crippen molar-refractivity contribution in [3.8, 4) is 0 Å². The minimum Gasteiger partial charge on any atom is -0.395 e. The van der Waals surface area contributed by atoms with E-state index in [2.05, 4.69) is 36.3 Å². The van der Waals surface area contributed by atoms with Crippen LogP contribution in [0.25, 0.3) is 0 Å². The molecule has 5 atom stereocenters. The van der Waals surface area contributed by atoms with E-state index < -0.39 is 22.6 Å². The first-order valence-electron chi connectivity index (χ1n) is 12.8. The molecule has 4 rings (SSSR count). The number of likely N-dealkylation sites (tertiary alicyclic amines) is 1. The molecule has 3 heterocycles. The number of fused-ring (bicyclic) bond motifs is 1. The third kappa shape index (κ3) is 4.20. The lowest BCUT2D eigenvalue weighted by Crippen LogP contribution is -2.52. The van der Waals surface area contributed by atoms with Crippen LogP contribution < -0.4 is 15.5 Å². The fourth-order valence-electron chi connectivity index (χ4n) is 6.39. The number of hydrogen-bond donors (Lipinski definition) is 3. The normalized spacial score (nSPS) is 30.9. The number of aliphatic hydroxyl groups is 1. The summed E-state index contributed by atoms with van der Waals surface area (Å²) in [6, 6.07) is 7.01. The van der Waals surface area contributed by atoms with Crippen molar-refractivity contribution in [1.29, 1.82) is 0 Å². The largest absolute Gasteiger partial charge is 0.395 e. The molecule has 1 spiro atoms. The summed E-state index contributed by atoms with van der Waals surface area (Å²) in [5, 5.41) is 15.7. The highest BCUT2D eigenvalue weighted by Gasteiger charge is 2.76. The molecule has 192 valence electrons. The minimum absolute atomic E-state index is 0.0800. The molecule has 3 aliphatic rings. The van der Waals surface area contributed by atoms with E-state index in [4.69, 9.17) is 0 Å². The van der Waals surface area contributed by atoms with Gasteiger partial charge in [0.25, 0.3) is 0 Å². The van der Waals surface area contributed by atoms with E-state index in [1.807, 2.05) is 31.2 Å². The van der Waals surface area contributed by atoms with Gasteiger partial charge in [-0.05, 0) is 64.3 Å². The van der Waals surface area contributed by atoms with E-state index in [1.54, 1.807) is 11.8 Å². The zero-order chi connectivity index (χ0) is 25.4. The molecule has 2 unspecified atom stereocenters. The molecule has 8 nitrogen and oxygen atoms in total. The van der Waals surface area contributed by atoms with Crippen LogP contribution in [0.4, 0.5) is 11.4 Å². The van der Waals surface area contributed by atoms with Crippen LogP contribution in [0, 0.1) is 11.8 Å². The molecule has 9 heteroatoms. The van der Waals surface area contributed by atoms with Crippen molar-refractivity contribution in [3.05, 3.63) is 24.3 Å². The Kier molecular flexibility index (Phi) is 7.38. The molecule has 3 N–H and O–H groups in total. The minimum atomic E-state index is -0.731. The first-order valence-corrected chi connectivity index (χ1v) is 13.6.